The van der Waals surface area contributed by atoms with Gasteiger partial charge in [0, 0.05) is 80.3 Å². The Morgan fingerprint density at radius 3 is 2.64 bits per heavy atom. The van der Waals surface area contributed by atoms with Gasteiger partial charge < -0.3 is 20.3 Å². The maximum absolute atomic E-state index is 15.7. The Bertz CT molecular complexity index is 1850. The highest BCUT2D eigenvalue weighted by Crippen LogP contribution is 2.34. The number of hydrogen-bond donors (Lipinski definition) is 3. The molecule has 0 aliphatic carbocycles. The molecule has 0 bridgehead atoms. The van der Waals surface area contributed by atoms with Crippen LogP contribution in [0.2, 0.25) is 5.02 Å². The smallest absolute Gasteiger partial charge is 0.255 e. The fraction of sp³-hybridized carbons (Fsp3) is 0.444. The number of amides is 3. The van der Waals surface area contributed by atoms with Gasteiger partial charge in [-0.15, -0.1) is 0 Å². The van der Waals surface area contributed by atoms with Crippen molar-refractivity contribution in [2.75, 3.05) is 43.5 Å². The molecule has 3 N–H and O–H groups in total. The predicted octanol–water partition coefficient (Wildman–Crippen LogP) is 4.51. The first-order chi connectivity index (χ1) is 24.2. The largest absolute Gasteiger partial charge is 0.381 e. The number of carbonyl (C=O) groups is 3. The summed E-state index contributed by atoms with van der Waals surface area (Å²) < 4.78 is 21.2. The summed E-state index contributed by atoms with van der Waals surface area (Å²) in [4.78, 5) is 49.9. The number of nitriles is 1. The number of carbonyl (C=O) groups excluding carboxylic acids is 3. The minimum Gasteiger partial charge on any atom is -0.381 e. The van der Waals surface area contributed by atoms with E-state index in [1.54, 1.807) is 18.3 Å². The highest BCUT2D eigenvalue weighted by Gasteiger charge is 2.40. The van der Waals surface area contributed by atoms with Crippen molar-refractivity contribution in [3.8, 4) is 17.3 Å². The lowest BCUT2D eigenvalue weighted by atomic mass is 9.82. The van der Waals surface area contributed by atoms with Gasteiger partial charge in [0.1, 0.15) is 23.5 Å². The molecule has 4 aliphatic heterocycles. The molecule has 4 aliphatic rings. The zero-order valence-corrected chi connectivity index (χ0v) is 28.3. The molecule has 3 aromatic rings. The third-order valence-electron chi connectivity index (χ3n) is 10.2. The molecule has 7 rings (SSSR count). The molecule has 50 heavy (non-hydrogen) atoms. The number of imide groups is 1. The van der Waals surface area contributed by atoms with E-state index in [-0.39, 0.29) is 42.8 Å². The minimum absolute atomic E-state index is 0.0102. The van der Waals surface area contributed by atoms with E-state index in [9.17, 15) is 19.6 Å². The van der Waals surface area contributed by atoms with Gasteiger partial charge in [-0.05, 0) is 56.4 Å². The lowest BCUT2D eigenvalue weighted by Crippen LogP contribution is -2.52. The third-order valence-corrected chi connectivity index (χ3v) is 10.5. The van der Waals surface area contributed by atoms with Crippen LogP contribution in [0.25, 0.3) is 11.3 Å². The van der Waals surface area contributed by atoms with Crippen molar-refractivity contribution in [3.63, 3.8) is 0 Å². The lowest BCUT2D eigenvalue weighted by molar-refractivity contribution is -0.136. The van der Waals surface area contributed by atoms with Gasteiger partial charge >= 0.3 is 0 Å². The summed E-state index contributed by atoms with van der Waals surface area (Å²) in [6.07, 6.45) is 4.99. The van der Waals surface area contributed by atoms with Gasteiger partial charge in [-0.3, -0.25) is 24.6 Å². The number of fused-ring (bicyclic) bond motifs is 1. The van der Waals surface area contributed by atoms with E-state index in [4.69, 9.17) is 21.3 Å². The molecular formula is C36H38ClFN8O4. The van der Waals surface area contributed by atoms with Gasteiger partial charge in [0.15, 0.2) is 0 Å². The minimum atomic E-state index is -0.781. The third kappa shape index (κ3) is 7.01. The van der Waals surface area contributed by atoms with Crippen LogP contribution in [0.4, 0.5) is 16.0 Å². The van der Waals surface area contributed by atoms with Crippen LogP contribution in [-0.4, -0.2) is 82.4 Å². The number of rotatable bonds is 9. The number of nitrogens with zero attached hydrogens (tertiary/aromatic N) is 5. The molecule has 14 heteroatoms. The van der Waals surface area contributed by atoms with Crippen molar-refractivity contribution in [3.05, 3.63) is 70.1 Å². The molecule has 3 fully saturated rings. The Balaban J connectivity index is 0.948. The number of piperidine rings is 2. The van der Waals surface area contributed by atoms with Gasteiger partial charge in [0.2, 0.25) is 11.8 Å². The number of ether oxygens (including phenoxy) is 1. The zero-order chi connectivity index (χ0) is 34.8. The summed E-state index contributed by atoms with van der Waals surface area (Å²) in [5.74, 6) is -0.323. The van der Waals surface area contributed by atoms with Gasteiger partial charge in [-0.1, -0.05) is 23.7 Å². The number of hydrogen-bond acceptors (Lipinski definition) is 10. The van der Waals surface area contributed by atoms with E-state index in [1.807, 2.05) is 24.3 Å². The normalized spacial score (nSPS) is 21.0. The number of nitrogens with one attached hydrogen (secondary N) is 3. The van der Waals surface area contributed by atoms with Gasteiger partial charge in [0.25, 0.3) is 5.91 Å². The summed E-state index contributed by atoms with van der Waals surface area (Å²) in [6.45, 7) is 3.53. The first-order valence-electron chi connectivity index (χ1n) is 17.0. The molecular weight excluding hydrogens is 663 g/mol. The molecule has 3 amide bonds. The van der Waals surface area contributed by atoms with E-state index in [0.29, 0.717) is 72.6 Å². The summed E-state index contributed by atoms with van der Waals surface area (Å²) in [5, 5.41) is 19.4. The Hall–Kier alpha value is -4.64. The monoisotopic (exact) mass is 700 g/mol. The van der Waals surface area contributed by atoms with Gasteiger partial charge in [-0.2, -0.15) is 5.26 Å². The Morgan fingerprint density at radius 2 is 1.88 bits per heavy atom. The van der Waals surface area contributed by atoms with E-state index >= 15 is 4.39 Å². The number of aromatic nitrogens is 2. The van der Waals surface area contributed by atoms with E-state index in [2.05, 4.69) is 31.9 Å². The van der Waals surface area contributed by atoms with Crippen LogP contribution in [0.1, 0.15) is 60.0 Å². The Kier molecular flexibility index (Phi) is 9.68. The van der Waals surface area contributed by atoms with E-state index in [0.717, 1.165) is 31.5 Å². The van der Waals surface area contributed by atoms with Crippen molar-refractivity contribution < 1.29 is 23.5 Å². The average Bonchev–Trinajstić information content (AvgIpc) is 3.47. The molecule has 6 heterocycles. The lowest BCUT2D eigenvalue weighted by Gasteiger charge is -2.33. The topological polar surface area (TPSA) is 153 Å². The Labute approximate surface area is 294 Å². The predicted molar refractivity (Wildman–Crippen MR) is 183 cm³/mol. The first kappa shape index (κ1) is 33.8. The summed E-state index contributed by atoms with van der Waals surface area (Å²) in [7, 11) is 0. The number of benzene rings is 1. The van der Waals surface area contributed by atoms with Crippen LogP contribution < -0.4 is 16.0 Å². The standard InChI is InChI=1S/C36H38ClFN8O4/c37-27-17-40-31(16-25(27)28-2-1-3-30(43-28)41-21-36(20-39)10-14-50-15-11-36)42-23-8-12-45(13-9-23)18-22-4-5-24-26(33(22)38)19-46(35(24)49)29-6-7-32(47)44-34(29)48/h1-5,16-17,23,29H,6-15,18-19,21H2,(H,40,42)(H,41,43)(H,44,47,48). The van der Waals surface area contributed by atoms with Crippen molar-refractivity contribution in [2.24, 2.45) is 5.41 Å². The van der Waals surface area contributed by atoms with Gasteiger partial charge in [0.05, 0.1) is 28.7 Å². The first-order valence-corrected chi connectivity index (χ1v) is 17.4. The number of halogens is 2. The molecule has 0 saturated carbocycles. The molecule has 0 spiro atoms. The van der Waals surface area contributed by atoms with Crippen molar-refractivity contribution in [1.29, 1.82) is 5.26 Å². The zero-order valence-electron chi connectivity index (χ0n) is 27.5. The SMILES string of the molecule is N#CC1(CNc2cccc(-c3cc(NC4CCN(Cc5ccc6c(c5F)CN(C5CCC(=O)NC5=O)C6=O)CC4)ncc3Cl)n2)CCOCC1. The number of likely N-dealkylation sites (tertiary alicyclic amines) is 1. The average molecular weight is 701 g/mol. The summed E-state index contributed by atoms with van der Waals surface area (Å²) in [5.41, 5.74) is 2.05. The number of pyridine rings is 2. The highest BCUT2D eigenvalue weighted by molar-refractivity contribution is 6.33. The van der Waals surface area contributed by atoms with Crippen LogP contribution in [0.5, 0.6) is 0 Å². The van der Waals surface area contributed by atoms with Crippen molar-refractivity contribution in [2.45, 2.75) is 63.7 Å². The molecule has 12 nitrogen and oxygen atoms in total. The maximum atomic E-state index is 15.7. The molecule has 1 atom stereocenters. The quantitative estimate of drug-likeness (QED) is 0.272. The molecule has 1 aromatic carbocycles. The molecule has 0 radical (unpaired) electrons. The fourth-order valence-electron chi connectivity index (χ4n) is 7.21. The second kappa shape index (κ2) is 14.3. The molecule has 1 unspecified atom stereocenters. The summed E-state index contributed by atoms with van der Waals surface area (Å²) in [6, 6.07) is 12.7. The fourth-order valence-corrected chi connectivity index (χ4v) is 7.41. The van der Waals surface area contributed by atoms with Crippen LogP contribution in [0, 0.1) is 22.6 Å². The van der Waals surface area contributed by atoms with Crippen molar-refractivity contribution in [1.82, 2.24) is 25.1 Å². The maximum Gasteiger partial charge on any atom is 0.255 e. The Morgan fingerprint density at radius 1 is 1.08 bits per heavy atom. The molecule has 260 valence electrons. The second-order valence-electron chi connectivity index (χ2n) is 13.5. The van der Waals surface area contributed by atoms with E-state index in [1.165, 1.54) is 4.90 Å². The van der Waals surface area contributed by atoms with Crippen LogP contribution in [0.15, 0.2) is 42.6 Å². The van der Waals surface area contributed by atoms with Crippen LogP contribution >= 0.6 is 11.6 Å². The van der Waals surface area contributed by atoms with E-state index < -0.39 is 23.2 Å². The van der Waals surface area contributed by atoms with Crippen molar-refractivity contribution >= 4 is 41.0 Å². The number of anilines is 2. The van der Waals surface area contributed by atoms with Crippen LogP contribution in [-0.2, 0) is 27.4 Å². The summed E-state index contributed by atoms with van der Waals surface area (Å²) >= 11 is 6.58. The van der Waals surface area contributed by atoms with Crippen LogP contribution in [0.3, 0.4) is 0 Å². The highest BCUT2D eigenvalue weighted by atomic mass is 35.5. The van der Waals surface area contributed by atoms with Gasteiger partial charge in [-0.25, -0.2) is 14.4 Å². The second-order valence-corrected chi connectivity index (χ2v) is 13.9. The molecule has 3 saturated heterocycles. The molecule has 2 aromatic heterocycles.